The number of amides is 2. The van der Waals surface area contributed by atoms with E-state index in [4.69, 9.17) is 0 Å². The molecule has 0 radical (unpaired) electrons. The summed E-state index contributed by atoms with van der Waals surface area (Å²) < 4.78 is 1.89. The first-order valence-corrected chi connectivity index (χ1v) is 11.4. The van der Waals surface area contributed by atoms with Gasteiger partial charge < -0.3 is 10.6 Å². The quantitative estimate of drug-likeness (QED) is 0.382. The predicted molar refractivity (Wildman–Crippen MR) is 133 cm³/mol. The highest BCUT2D eigenvalue weighted by Crippen LogP contribution is 2.24. The van der Waals surface area contributed by atoms with Crippen molar-refractivity contribution in [2.24, 2.45) is 0 Å². The molecule has 34 heavy (non-hydrogen) atoms. The molecule has 1 aromatic heterocycles. The summed E-state index contributed by atoms with van der Waals surface area (Å²) in [5.74, 6) is -0.176. The third-order valence-electron chi connectivity index (χ3n) is 5.54. The van der Waals surface area contributed by atoms with Gasteiger partial charge in [-0.3, -0.25) is 14.3 Å². The molecule has 172 valence electrons. The van der Waals surface area contributed by atoms with Crippen LogP contribution >= 0.6 is 0 Å². The second-order valence-corrected chi connectivity index (χ2v) is 8.10. The van der Waals surface area contributed by atoms with Crippen LogP contribution in [0.3, 0.4) is 0 Å². The van der Waals surface area contributed by atoms with Crippen LogP contribution in [0.25, 0.3) is 11.1 Å². The Morgan fingerprint density at radius 3 is 2.29 bits per heavy atom. The average molecular weight is 453 g/mol. The predicted octanol–water partition coefficient (Wildman–Crippen LogP) is 3.96. The second kappa shape index (κ2) is 11.6. The van der Waals surface area contributed by atoms with Crippen LogP contribution in [0.2, 0.25) is 0 Å². The number of carbonyl (C=O) groups is 2. The molecule has 0 bridgehead atoms. The molecule has 4 rings (SSSR count). The van der Waals surface area contributed by atoms with Gasteiger partial charge in [0.2, 0.25) is 11.8 Å². The van der Waals surface area contributed by atoms with Crippen LogP contribution in [0.15, 0.2) is 97.3 Å². The summed E-state index contributed by atoms with van der Waals surface area (Å²) in [6.45, 7) is 1.48. The number of benzene rings is 3. The van der Waals surface area contributed by atoms with Gasteiger partial charge >= 0.3 is 0 Å². The summed E-state index contributed by atoms with van der Waals surface area (Å²) >= 11 is 0. The van der Waals surface area contributed by atoms with Crippen molar-refractivity contribution in [1.29, 1.82) is 0 Å². The van der Waals surface area contributed by atoms with Gasteiger partial charge in [0.25, 0.3) is 0 Å². The monoisotopic (exact) mass is 452 g/mol. The zero-order chi connectivity index (χ0) is 23.6. The maximum absolute atomic E-state index is 12.3. The zero-order valence-corrected chi connectivity index (χ0v) is 19.0. The van der Waals surface area contributed by atoms with Crippen LogP contribution in [0, 0.1) is 0 Å². The molecular weight excluding hydrogens is 424 g/mol. The SMILES string of the molecule is O=C(CCNC(=O)Cc1ccccc1)NCc1ccccc1-c1ccc(Cn2cccn2)cc1. The minimum atomic E-state index is -0.0932. The van der Waals surface area contributed by atoms with Crippen molar-refractivity contribution in [2.75, 3.05) is 6.54 Å². The Kier molecular flexibility index (Phi) is 7.85. The van der Waals surface area contributed by atoms with Gasteiger partial charge in [-0.15, -0.1) is 0 Å². The molecule has 3 aromatic carbocycles. The summed E-state index contributed by atoms with van der Waals surface area (Å²) in [7, 11) is 0. The van der Waals surface area contributed by atoms with E-state index in [1.165, 1.54) is 5.56 Å². The zero-order valence-electron chi connectivity index (χ0n) is 19.0. The van der Waals surface area contributed by atoms with Crippen LogP contribution in [0.1, 0.15) is 23.1 Å². The highest BCUT2D eigenvalue weighted by Gasteiger charge is 2.08. The van der Waals surface area contributed by atoms with Crippen LogP contribution in [0.5, 0.6) is 0 Å². The van der Waals surface area contributed by atoms with E-state index in [9.17, 15) is 9.59 Å². The van der Waals surface area contributed by atoms with E-state index in [0.29, 0.717) is 19.5 Å². The molecule has 6 heteroatoms. The molecule has 4 aromatic rings. The van der Waals surface area contributed by atoms with Gasteiger partial charge in [0.1, 0.15) is 0 Å². The minimum Gasteiger partial charge on any atom is -0.355 e. The summed E-state index contributed by atoms with van der Waals surface area (Å²) in [5.41, 5.74) is 5.36. The second-order valence-electron chi connectivity index (χ2n) is 8.10. The Morgan fingerprint density at radius 2 is 1.53 bits per heavy atom. The van der Waals surface area contributed by atoms with Crippen LogP contribution in [-0.4, -0.2) is 28.1 Å². The summed E-state index contributed by atoms with van der Waals surface area (Å²) in [5, 5.41) is 10.0. The fourth-order valence-corrected chi connectivity index (χ4v) is 3.77. The van der Waals surface area contributed by atoms with Crippen molar-refractivity contribution in [2.45, 2.75) is 25.9 Å². The van der Waals surface area contributed by atoms with Crippen molar-refractivity contribution in [3.8, 4) is 11.1 Å². The number of hydrogen-bond donors (Lipinski definition) is 2. The van der Waals surface area contributed by atoms with E-state index in [1.54, 1.807) is 6.20 Å². The lowest BCUT2D eigenvalue weighted by Gasteiger charge is -2.12. The smallest absolute Gasteiger partial charge is 0.224 e. The molecule has 0 saturated carbocycles. The van der Waals surface area contributed by atoms with Gasteiger partial charge in [-0.25, -0.2) is 0 Å². The maximum atomic E-state index is 12.3. The van der Waals surface area contributed by atoms with E-state index in [2.05, 4.69) is 46.1 Å². The van der Waals surface area contributed by atoms with Gasteiger partial charge in [0.15, 0.2) is 0 Å². The molecule has 0 atom stereocenters. The minimum absolute atomic E-state index is 0.0830. The van der Waals surface area contributed by atoms with Crippen molar-refractivity contribution >= 4 is 11.8 Å². The summed E-state index contributed by atoms with van der Waals surface area (Å²) in [6, 6.07) is 27.9. The fraction of sp³-hybridized carbons (Fsp3) is 0.179. The maximum Gasteiger partial charge on any atom is 0.224 e. The largest absolute Gasteiger partial charge is 0.355 e. The van der Waals surface area contributed by atoms with E-state index < -0.39 is 0 Å². The Balaban J connectivity index is 1.26. The molecule has 0 aliphatic carbocycles. The third-order valence-corrected chi connectivity index (χ3v) is 5.54. The molecule has 1 heterocycles. The molecule has 2 N–H and O–H groups in total. The molecule has 0 saturated heterocycles. The number of nitrogens with zero attached hydrogens (tertiary/aromatic N) is 2. The lowest BCUT2D eigenvalue weighted by atomic mass is 9.98. The fourth-order valence-electron chi connectivity index (χ4n) is 3.77. The van der Waals surface area contributed by atoms with Crippen LogP contribution in [0.4, 0.5) is 0 Å². The molecule has 0 spiro atoms. The standard InChI is InChI=1S/C28H28N4O2/c33-27(15-17-29-28(34)19-22-7-2-1-3-8-22)30-20-25-9-4-5-10-26(25)24-13-11-23(12-14-24)21-32-18-6-16-31-32/h1-14,16,18H,15,17,19-21H2,(H,29,34)(H,30,33). The van der Waals surface area contributed by atoms with E-state index in [1.807, 2.05) is 65.5 Å². The molecular formula is C28H28N4O2. The number of aromatic nitrogens is 2. The third kappa shape index (κ3) is 6.65. The molecule has 0 fully saturated rings. The van der Waals surface area contributed by atoms with Crippen molar-refractivity contribution in [3.05, 3.63) is 114 Å². The topological polar surface area (TPSA) is 76.0 Å². The number of hydrogen-bond acceptors (Lipinski definition) is 3. The molecule has 0 aliphatic heterocycles. The van der Waals surface area contributed by atoms with E-state index in [-0.39, 0.29) is 18.2 Å². The van der Waals surface area contributed by atoms with Gasteiger partial charge in [0, 0.05) is 31.9 Å². The first-order chi connectivity index (χ1) is 16.7. The van der Waals surface area contributed by atoms with Crippen LogP contribution < -0.4 is 10.6 Å². The number of rotatable bonds is 10. The number of nitrogens with one attached hydrogen (secondary N) is 2. The van der Waals surface area contributed by atoms with Crippen molar-refractivity contribution in [3.63, 3.8) is 0 Å². The summed E-state index contributed by atoms with van der Waals surface area (Å²) in [4.78, 5) is 24.4. The summed E-state index contributed by atoms with van der Waals surface area (Å²) in [6.07, 6.45) is 4.28. The van der Waals surface area contributed by atoms with Gasteiger partial charge in [-0.1, -0.05) is 78.9 Å². The van der Waals surface area contributed by atoms with Gasteiger partial charge in [0.05, 0.1) is 13.0 Å². The van der Waals surface area contributed by atoms with Gasteiger partial charge in [-0.05, 0) is 33.9 Å². The molecule has 6 nitrogen and oxygen atoms in total. The molecule has 0 aliphatic rings. The highest BCUT2D eigenvalue weighted by molar-refractivity contribution is 5.80. The van der Waals surface area contributed by atoms with Gasteiger partial charge in [-0.2, -0.15) is 5.10 Å². The Hall–Kier alpha value is -4.19. The first kappa shape index (κ1) is 23.0. The Morgan fingerprint density at radius 1 is 0.765 bits per heavy atom. The van der Waals surface area contributed by atoms with E-state index in [0.717, 1.165) is 28.8 Å². The average Bonchev–Trinajstić information content (AvgIpc) is 3.37. The molecule has 2 amide bonds. The van der Waals surface area contributed by atoms with Crippen LogP contribution in [-0.2, 0) is 29.1 Å². The number of carbonyl (C=O) groups excluding carboxylic acids is 2. The van der Waals surface area contributed by atoms with Crippen molar-refractivity contribution in [1.82, 2.24) is 20.4 Å². The normalized spacial score (nSPS) is 10.6. The molecule has 0 unspecified atom stereocenters. The lowest BCUT2D eigenvalue weighted by molar-refractivity contribution is -0.122. The first-order valence-electron chi connectivity index (χ1n) is 11.4. The highest BCUT2D eigenvalue weighted by atomic mass is 16.2. The lowest BCUT2D eigenvalue weighted by Crippen LogP contribution is -2.31. The Bertz CT molecular complexity index is 1200. The van der Waals surface area contributed by atoms with Crippen molar-refractivity contribution < 1.29 is 9.59 Å². The Labute approximate surface area is 199 Å². The van der Waals surface area contributed by atoms with E-state index >= 15 is 0 Å².